The lowest BCUT2D eigenvalue weighted by atomic mass is 9.87. The Labute approximate surface area is 122 Å². The number of aliphatic hydroxyl groups is 1. The molecule has 4 atom stereocenters. The predicted molar refractivity (Wildman–Crippen MR) is 78.3 cm³/mol. The molecule has 20 heavy (non-hydrogen) atoms. The van der Waals surface area contributed by atoms with Crippen LogP contribution in [0.25, 0.3) is 0 Å². The van der Waals surface area contributed by atoms with Gasteiger partial charge in [-0.25, -0.2) is 0 Å². The number of aliphatic hydroxyl groups excluding tert-OH is 1. The first-order chi connectivity index (χ1) is 9.63. The van der Waals surface area contributed by atoms with Gasteiger partial charge in [-0.3, -0.25) is 4.79 Å². The summed E-state index contributed by atoms with van der Waals surface area (Å²) in [4.78, 5) is 11.8. The zero-order valence-corrected chi connectivity index (χ0v) is 12.6. The summed E-state index contributed by atoms with van der Waals surface area (Å²) in [6, 6.07) is 0. The van der Waals surface area contributed by atoms with Crippen LogP contribution in [0.3, 0.4) is 0 Å². The fourth-order valence-corrected chi connectivity index (χ4v) is 3.48. The van der Waals surface area contributed by atoms with Gasteiger partial charge in [0.15, 0.2) is 0 Å². The number of amides is 1. The Morgan fingerprint density at radius 3 is 2.75 bits per heavy atom. The molecule has 4 unspecified atom stereocenters. The number of ether oxygens (including phenoxy) is 1. The molecule has 1 amide bonds. The van der Waals surface area contributed by atoms with Crippen molar-refractivity contribution < 1.29 is 14.6 Å². The van der Waals surface area contributed by atoms with Crippen LogP contribution in [0, 0.1) is 11.8 Å². The maximum Gasteiger partial charge on any atom is 0.246 e. The van der Waals surface area contributed by atoms with Gasteiger partial charge in [0.2, 0.25) is 5.91 Å². The molecule has 0 saturated heterocycles. The second-order valence-electron chi connectivity index (χ2n) is 6.70. The molecule has 2 N–H and O–H groups in total. The van der Waals surface area contributed by atoms with Gasteiger partial charge < -0.3 is 15.2 Å². The third-order valence-corrected chi connectivity index (χ3v) is 4.68. The predicted octanol–water partition coefficient (Wildman–Crippen LogP) is 2.25. The van der Waals surface area contributed by atoms with Crippen molar-refractivity contribution in [3.63, 3.8) is 0 Å². The van der Waals surface area contributed by atoms with E-state index in [0.717, 1.165) is 44.4 Å². The maximum absolute atomic E-state index is 11.8. The quantitative estimate of drug-likeness (QED) is 0.813. The summed E-state index contributed by atoms with van der Waals surface area (Å²) in [6.07, 6.45) is 8.68. The molecule has 0 heterocycles. The van der Waals surface area contributed by atoms with E-state index in [-0.39, 0.29) is 24.7 Å². The molecule has 2 fully saturated rings. The van der Waals surface area contributed by atoms with Gasteiger partial charge in [-0.05, 0) is 43.9 Å². The van der Waals surface area contributed by atoms with Crippen LogP contribution >= 0.6 is 0 Å². The summed E-state index contributed by atoms with van der Waals surface area (Å²) < 4.78 is 5.71. The standard InChI is InChI=1S/C16H29NO3/c1-12-4-2-7-15(8-12)20-11-16(19)17-10-13-5-3-6-14(18)9-13/h12-15,18H,2-11H2,1H3,(H,17,19). The second kappa shape index (κ2) is 7.99. The first-order valence-electron chi connectivity index (χ1n) is 8.20. The summed E-state index contributed by atoms with van der Waals surface area (Å²) >= 11 is 0. The Kier molecular flexibility index (Phi) is 6.30. The molecule has 0 aromatic heterocycles. The lowest BCUT2D eigenvalue weighted by Gasteiger charge is -2.27. The Morgan fingerprint density at radius 2 is 2.00 bits per heavy atom. The molecule has 4 heteroatoms. The molecule has 0 aromatic carbocycles. The number of hydrogen-bond acceptors (Lipinski definition) is 3. The molecule has 116 valence electrons. The zero-order chi connectivity index (χ0) is 14.4. The van der Waals surface area contributed by atoms with Crippen LogP contribution in [0.15, 0.2) is 0 Å². The van der Waals surface area contributed by atoms with Crippen molar-refractivity contribution in [2.75, 3.05) is 13.2 Å². The fourth-order valence-electron chi connectivity index (χ4n) is 3.48. The zero-order valence-electron chi connectivity index (χ0n) is 12.6. The number of hydrogen-bond donors (Lipinski definition) is 2. The van der Waals surface area contributed by atoms with Crippen LogP contribution in [0.2, 0.25) is 0 Å². The van der Waals surface area contributed by atoms with E-state index in [4.69, 9.17) is 4.74 Å². The molecule has 0 aromatic rings. The van der Waals surface area contributed by atoms with E-state index in [0.29, 0.717) is 12.5 Å². The van der Waals surface area contributed by atoms with Gasteiger partial charge in [-0.2, -0.15) is 0 Å². The summed E-state index contributed by atoms with van der Waals surface area (Å²) in [6.45, 7) is 3.12. The van der Waals surface area contributed by atoms with Crippen LogP contribution in [0.5, 0.6) is 0 Å². The lowest BCUT2D eigenvalue weighted by molar-refractivity contribution is -0.129. The van der Waals surface area contributed by atoms with Gasteiger partial charge in [0.1, 0.15) is 6.61 Å². The molecular weight excluding hydrogens is 254 g/mol. The van der Waals surface area contributed by atoms with Crippen LogP contribution in [-0.4, -0.2) is 36.4 Å². The highest BCUT2D eigenvalue weighted by molar-refractivity contribution is 5.77. The monoisotopic (exact) mass is 283 g/mol. The highest BCUT2D eigenvalue weighted by atomic mass is 16.5. The number of carbonyl (C=O) groups excluding carboxylic acids is 1. The topological polar surface area (TPSA) is 58.6 Å². The highest BCUT2D eigenvalue weighted by Gasteiger charge is 2.22. The van der Waals surface area contributed by atoms with Gasteiger partial charge >= 0.3 is 0 Å². The van der Waals surface area contributed by atoms with Crippen molar-refractivity contribution >= 4 is 5.91 Å². The smallest absolute Gasteiger partial charge is 0.246 e. The molecule has 2 aliphatic carbocycles. The molecule has 0 radical (unpaired) electrons. The molecule has 0 bridgehead atoms. The van der Waals surface area contributed by atoms with Crippen LogP contribution in [0.4, 0.5) is 0 Å². The number of rotatable bonds is 5. The Hall–Kier alpha value is -0.610. The first-order valence-corrected chi connectivity index (χ1v) is 8.20. The van der Waals surface area contributed by atoms with Gasteiger partial charge in [0.25, 0.3) is 0 Å². The van der Waals surface area contributed by atoms with E-state index in [1.54, 1.807) is 0 Å². The van der Waals surface area contributed by atoms with Crippen molar-refractivity contribution in [3.05, 3.63) is 0 Å². The maximum atomic E-state index is 11.8. The van der Waals surface area contributed by atoms with Crippen molar-refractivity contribution in [1.29, 1.82) is 0 Å². The van der Waals surface area contributed by atoms with E-state index in [2.05, 4.69) is 12.2 Å². The van der Waals surface area contributed by atoms with Crippen LogP contribution in [0.1, 0.15) is 58.3 Å². The van der Waals surface area contributed by atoms with Gasteiger partial charge in [-0.15, -0.1) is 0 Å². The summed E-state index contributed by atoms with van der Waals surface area (Å²) in [7, 11) is 0. The van der Waals surface area contributed by atoms with Crippen molar-refractivity contribution in [2.24, 2.45) is 11.8 Å². The fraction of sp³-hybridized carbons (Fsp3) is 0.938. The highest BCUT2D eigenvalue weighted by Crippen LogP contribution is 2.25. The minimum Gasteiger partial charge on any atom is -0.393 e. The Balaban J connectivity index is 1.58. The van der Waals surface area contributed by atoms with Crippen LogP contribution < -0.4 is 5.32 Å². The molecule has 2 saturated carbocycles. The minimum atomic E-state index is -0.175. The van der Waals surface area contributed by atoms with E-state index < -0.39 is 0 Å². The first kappa shape index (κ1) is 15.8. The third-order valence-electron chi connectivity index (χ3n) is 4.68. The van der Waals surface area contributed by atoms with E-state index in [9.17, 15) is 9.90 Å². The van der Waals surface area contributed by atoms with E-state index >= 15 is 0 Å². The Bertz CT molecular complexity index is 280. The van der Waals surface area contributed by atoms with Crippen LogP contribution in [-0.2, 0) is 9.53 Å². The van der Waals surface area contributed by atoms with Crippen molar-refractivity contribution in [1.82, 2.24) is 5.32 Å². The number of nitrogens with one attached hydrogen (secondary N) is 1. The van der Waals surface area contributed by atoms with Gasteiger partial charge in [-0.1, -0.05) is 26.2 Å². The lowest BCUT2D eigenvalue weighted by Crippen LogP contribution is -2.36. The molecule has 2 aliphatic rings. The minimum absolute atomic E-state index is 0.0108. The molecule has 4 nitrogen and oxygen atoms in total. The van der Waals surface area contributed by atoms with Gasteiger partial charge in [0.05, 0.1) is 12.2 Å². The van der Waals surface area contributed by atoms with E-state index in [1.165, 1.54) is 12.8 Å². The Morgan fingerprint density at radius 1 is 1.20 bits per heavy atom. The van der Waals surface area contributed by atoms with E-state index in [1.807, 2.05) is 0 Å². The summed E-state index contributed by atoms with van der Waals surface area (Å²) in [5, 5.41) is 12.6. The summed E-state index contributed by atoms with van der Waals surface area (Å²) in [5.41, 5.74) is 0. The SMILES string of the molecule is CC1CCCC(OCC(=O)NCC2CCCC(O)C2)C1. The molecule has 0 spiro atoms. The molecular formula is C16H29NO3. The average Bonchev–Trinajstić information content (AvgIpc) is 2.43. The molecule has 0 aliphatic heterocycles. The van der Waals surface area contributed by atoms with Crippen molar-refractivity contribution in [2.45, 2.75) is 70.5 Å². The van der Waals surface area contributed by atoms with Crippen molar-refractivity contribution in [3.8, 4) is 0 Å². The molecule has 2 rings (SSSR count). The number of carbonyl (C=O) groups is 1. The third kappa shape index (κ3) is 5.41. The average molecular weight is 283 g/mol. The largest absolute Gasteiger partial charge is 0.393 e. The second-order valence-corrected chi connectivity index (χ2v) is 6.70. The normalized spacial score (nSPS) is 34.7. The summed E-state index contributed by atoms with van der Waals surface area (Å²) in [5.74, 6) is 1.14. The van der Waals surface area contributed by atoms with Gasteiger partial charge in [0, 0.05) is 6.54 Å².